The van der Waals surface area contributed by atoms with E-state index in [1.807, 2.05) is 20.2 Å². The number of nitrogens with zero attached hydrogens (tertiary/aromatic N) is 4. The summed E-state index contributed by atoms with van der Waals surface area (Å²) in [5, 5.41) is 3.45. The fourth-order valence-electron chi connectivity index (χ4n) is 4.52. The Morgan fingerprint density at radius 1 is 1.00 bits per heavy atom. The van der Waals surface area contributed by atoms with Crippen molar-refractivity contribution >= 4 is 27.6 Å². The fraction of sp³-hybridized carbons (Fsp3) is 0.360. The minimum Gasteiger partial charge on any atom is -0.452 e. The van der Waals surface area contributed by atoms with Gasteiger partial charge in [-0.1, -0.05) is 18.2 Å². The van der Waals surface area contributed by atoms with Gasteiger partial charge in [0.1, 0.15) is 37.7 Å². The summed E-state index contributed by atoms with van der Waals surface area (Å²) in [7, 11) is 8.60. The molecule has 31 heavy (non-hydrogen) atoms. The average Bonchev–Trinajstić information content (AvgIpc) is 2.77. The molecule has 0 atom stereocenters. The Bertz CT molecular complexity index is 1300. The van der Waals surface area contributed by atoms with Gasteiger partial charge in [-0.25, -0.2) is 9.56 Å². The maximum atomic E-state index is 6.44. The van der Waals surface area contributed by atoms with Gasteiger partial charge < -0.3 is 9.15 Å². The number of rotatable bonds is 3. The molecule has 1 fully saturated rings. The molecule has 0 radical (unpaired) electrons. The van der Waals surface area contributed by atoms with E-state index in [4.69, 9.17) is 14.1 Å². The highest BCUT2D eigenvalue weighted by molar-refractivity contribution is 6.09. The maximum Gasteiger partial charge on any atom is 0.203 e. The van der Waals surface area contributed by atoms with Crippen molar-refractivity contribution in [3.8, 4) is 11.5 Å². The van der Waals surface area contributed by atoms with Crippen molar-refractivity contribution in [2.45, 2.75) is 0 Å². The average molecular weight is 419 g/mol. The van der Waals surface area contributed by atoms with E-state index in [9.17, 15) is 0 Å². The van der Waals surface area contributed by atoms with Gasteiger partial charge >= 0.3 is 0 Å². The molecule has 0 N–H and O–H groups in total. The van der Waals surface area contributed by atoms with Gasteiger partial charge in [0.25, 0.3) is 0 Å². The zero-order chi connectivity index (χ0) is 21.6. The van der Waals surface area contributed by atoms with Crippen LogP contribution in [0.4, 0.5) is 5.69 Å². The van der Waals surface area contributed by atoms with Crippen molar-refractivity contribution in [2.24, 2.45) is 0 Å². The molecular formula is C25H30N4O2+2. The monoisotopic (exact) mass is 418 g/mol. The summed E-state index contributed by atoms with van der Waals surface area (Å²) in [5.41, 5.74) is 3.85. The van der Waals surface area contributed by atoms with E-state index in [1.165, 1.54) is 11.1 Å². The number of quaternary nitrogens is 1. The second-order valence-corrected chi connectivity index (χ2v) is 9.11. The molecule has 2 aromatic rings. The summed E-state index contributed by atoms with van der Waals surface area (Å²) < 4.78 is 14.8. The minimum atomic E-state index is 0.738. The standard InChI is InChI=1S/C25H30N4O2/c1-27(2)18-9-10-21-23(15-18)31-24-16-22(19-7-5-6-8-20(19)25(24)26-21)29(3,4)17-28-11-13-30-14-12-28/h5-10,15-16H,11-14,17H2,1-4H3/q+2. The van der Waals surface area contributed by atoms with Crippen LogP contribution in [0.3, 0.4) is 0 Å². The molecule has 2 aromatic carbocycles. The molecule has 1 saturated heterocycles. The summed E-state index contributed by atoms with van der Waals surface area (Å²) in [4.78, 5) is 7.47. The molecule has 160 valence electrons. The smallest absolute Gasteiger partial charge is 0.203 e. The van der Waals surface area contributed by atoms with Crippen LogP contribution < -0.4 is 14.4 Å². The first kappa shape index (κ1) is 20.1. The number of aromatic nitrogens is 1. The SMILES string of the molecule is C[N+](C)=c1ccc2nc3c(cc([N+](C)(C)CN4CCOCC4)c4ccccc43)oc-2c1. The number of fused-ring (bicyclic) bond motifs is 4. The molecule has 6 heteroatoms. The summed E-state index contributed by atoms with van der Waals surface area (Å²) in [6.07, 6.45) is 0. The second kappa shape index (κ2) is 7.71. The summed E-state index contributed by atoms with van der Waals surface area (Å²) in [6, 6.07) is 16.9. The third-order valence-electron chi connectivity index (χ3n) is 6.18. The van der Waals surface area contributed by atoms with Gasteiger partial charge in [0.15, 0.2) is 11.3 Å². The van der Waals surface area contributed by atoms with Crippen molar-refractivity contribution in [1.29, 1.82) is 0 Å². The van der Waals surface area contributed by atoms with Crippen LogP contribution in [-0.4, -0.2) is 71.0 Å². The molecule has 3 aliphatic rings. The highest BCUT2D eigenvalue weighted by Gasteiger charge is 2.28. The van der Waals surface area contributed by atoms with Gasteiger partial charge in [0.2, 0.25) is 5.36 Å². The molecule has 1 aliphatic carbocycles. The van der Waals surface area contributed by atoms with Crippen LogP contribution in [0.5, 0.6) is 0 Å². The van der Waals surface area contributed by atoms with Crippen molar-refractivity contribution in [3.05, 3.63) is 53.9 Å². The molecule has 0 saturated carbocycles. The van der Waals surface area contributed by atoms with Gasteiger partial charge in [0.05, 0.1) is 33.4 Å². The Hall–Kier alpha value is -2.80. The van der Waals surface area contributed by atoms with Crippen molar-refractivity contribution in [1.82, 2.24) is 18.9 Å². The van der Waals surface area contributed by atoms with E-state index in [0.717, 1.165) is 70.8 Å². The number of ether oxygens (including phenoxy) is 1. The van der Waals surface area contributed by atoms with Crippen molar-refractivity contribution in [3.63, 3.8) is 0 Å². The molecule has 0 unspecified atom stereocenters. The van der Waals surface area contributed by atoms with E-state index >= 15 is 0 Å². The molecule has 2 aliphatic heterocycles. The highest BCUT2D eigenvalue weighted by atomic mass is 16.5. The molecule has 5 rings (SSSR count). The lowest BCUT2D eigenvalue weighted by molar-refractivity contribution is 0.0199. The summed E-state index contributed by atoms with van der Waals surface area (Å²) in [5.74, 6) is 0.804. The van der Waals surface area contributed by atoms with E-state index < -0.39 is 0 Å². The Morgan fingerprint density at radius 3 is 2.48 bits per heavy atom. The predicted molar refractivity (Wildman–Crippen MR) is 126 cm³/mol. The summed E-state index contributed by atoms with van der Waals surface area (Å²) >= 11 is 0. The van der Waals surface area contributed by atoms with Crippen LogP contribution in [-0.2, 0) is 4.74 Å². The zero-order valence-corrected chi connectivity index (χ0v) is 18.8. The van der Waals surface area contributed by atoms with Crippen molar-refractivity contribution < 1.29 is 9.15 Å². The number of morpholine rings is 1. The van der Waals surface area contributed by atoms with E-state index in [-0.39, 0.29) is 0 Å². The number of hydrogen-bond acceptors (Lipinski definition) is 4. The molecule has 6 nitrogen and oxygen atoms in total. The Morgan fingerprint density at radius 2 is 1.74 bits per heavy atom. The molecule has 0 aromatic heterocycles. The second-order valence-electron chi connectivity index (χ2n) is 9.11. The lowest BCUT2D eigenvalue weighted by Gasteiger charge is -2.37. The van der Waals surface area contributed by atoms with Crippen LogP contribution in [0.1, 0.15) is 0 Å². The van der Waals surface area contributed by atoms with E-state index in [2.05, 4.69) is 66.0 Å². The molecular weight excluding hydrogens is 388 g/mol. The van der Waals surface area contributed by atoms with Gasteiger partial charge in [-0.3, -0.25) is 9.38 Å². The first-order valence-electron chi connectivity index (χ1n) is 10.8. The Labute approximate surface area is 182 Å². The number of hydrogen-bond donors (Lipinski definition) is 0. The third kappa shape index (κ3) is 3.71. The predicted octanol–water partition coefficient (Wildman–Crippen LogP) is 2.97. The first-order chi connectivity index (χ1) is 14.9. The highest BCUT2D eigenvalue weighted by Crippen LogP contribution is 2.37. The lowest BCUT2D eigenvalue weighted by atomic mass is 10.0. The van der Waals surface area contributed by atoms with Crippen LogP contribution in [0, 0.1) is 0 Å². The van der Waals surface area contributed by atoms with Crippen LogP contribution in [0.15, 0.2) is 52.9 Å². The van der Waals surface area contributed by atoms with Gasteiger partial charge in [-0.2, -0.15) is 0 Å². The molecule has 0 bridgehead atoms. The fourth-order valence-corrected chi connectivity index (χ4v) is 4.52. The Kier molecular flexibility index (Phi) is 5.01. The van der Waals surface area contributed by atoms with Gasteiger partial charge in [-0.05, 0) is 12.1 Å². The van der Waals surface area contributed by atoms with E-state index in [1.54, 1.807) is 0 Å². The normalized spacial score (nSPS) is 15.7. The largest absolute Gasteiger partial charge is 0.452 e. The lowest BCUT2D eigenvalue weighted by Crippen LogP contribution is -2.52. The minimum absolute atomic E-state index is 0.738. The molecule has 0 amide bonds. The van der Waals surface area contributed by atoms with Gasteiger partial charge in [-0.15, -0.1) is 0 Å². The van der Waals surface area contributed by atoms with Crippen molar-refractivity contribution in [2.75, 3.05) is 61.2 Å². The maximum absolute atomic E-state index is 6.44. The molecule has 0 spiro atoms. The van der Waals surface area contributed by atoms with E-state index in [0.29, 0.717) is 0 Å². The topological polar surface area (TPSA) is 41.5 Å². The van der Waals surface area contributed by atoms with Crippen LogP contribution in [0.25, 0.3) is 33.3 Å². The van der Waals surface area contributed by atoms with Gasteiger partial charge in [0, 0.05) is 36.0 Å². The zero-order valence-electron chi connectivity index (χ0n) is 18.8. The summed E-state index contributed by atoms with van der Waals surface area (Å²) in [6.45, 7) is 4.47. The Balaban J connectivity index is 1.73. The third-order valence-corrected chi connectivity index (χ3v) is 6.18. The first-order valence-corrected chi connectivity index (χ1v) is 10.8. The number of benzene rings is 3. The van der Waals surface area contributed by atoms with Crippen LogP contribution >= 0.6 is 0 Å². The van der Waals surface area contributed by atoms with Crippen LogP contribution in [0.2, 0.25) is 0 Å². The quantitative estimate of drug-likeness (QED) is 0.222. The molecule has 2 heterocycles.